The first kappa shape index (κ1) is 19.7. The van der Waals surface area contributed by atoms with E-state index in [2.05, 4.69) is 27.1 Å². The molecule has 0 atom stereocenters. The van der Waals surface area contributed by atoms with Gasteiger partial charge in [-0.25, -0.2) is 9.78 Å². The Morgan fingerprint density at radius 1 is 1.25 bits per heavy atom. The Bertz CT molecular complexity index is 789. The van der Waals surface area contributed by atoms with Gasteiger partial charge in [0.1, 0.15) is 12.4 Å². The maximum Gasteiger partial charge on any atom is 0.404 e. The van der Waals surface area contributed by atoms with Gasteiger partial charge < -0.3 is 24.8 Å². The molecule has 1 aromatic carbocycles. The van der Waals surface area contributed by atoms with Crippen molar-refractivity contribution in [2.45, 2.75) is 26.4 Å². The van der Waals surface area contributed by atoms with Gasteiger partial charge >= 0.3 is 6.09 Å². The molecule has 1 aromatic heterocycles. The molecule has 1 fully saturated rings. The molecule has 1 saturated heterocycles. The maximum absolute atomic E-state index is 10.7. The highest BCUT2D eigenvalue weighted by molar-refractivity contribution is 5.64. The van der Waals surface area contributed by atoms with E-state index in [4.69, 9.17) is 14.6 Å². The van der Waals surface area contributed by atoms with Gasteiger partial charge in [-0.15, -0.1) is 0 Å². The van der Waals surface area contributed by atoms with Gasteiger partial charge in [0.25, 0.3) is 0 Å². The predicted octanol–water partition coefficient (Wildman–Crippen LogP) is 2.94. The Hall–Kier alpha value is -3.03. The Kier molecular flexibility index (Phi) is 6.18. The monoisotopic (exact) mass is 386 g/mol. The molecule has 8 nitrogen and oxygen atoms in total. The summed E-state index contributed by atoms with van der Waals surface area (Å²) in [7, 11) is 1.64. The number of methoxy groups -OCH3 is 1. The molecule has 3 rings (SSSR count). The fourth-order valence-electron chi connectivity index (χ4n) is 3.16. The summed E-state index contributed by atoms with van der Waals surface area (Å²) in [4.78, 5) is 21.8. The standard InChI is InChI=1S/C20H26N4O4/c1-20(14-22-19(25)26)8-11-24(12-9-20)18-21-10-7-17(23-18)28-13-15-3-5-16(27-2)6-4-15/h3-7,10,22H,8-9,11-14H2,1-2H3,(H,25,26). The fraction of sp³-hybridized carbons (Fsp3) is 0.450. The molecule has 1 amide bonds. The van der Waals surface area contributed by atoms with Crippen molar-refractivity contribution in [2.24, 2.45) is 5.41 Å². The quantitative estimate of drug-likeness (QED) is 0.755. The van der Waals surface area contributed by atoms with E-state index in [1.807, 2.05) is 24.3 Å². The highest BCUT2D eigenvalue weighted by atomic mass is 16.5. The molecule has 1 aliphatic heterocycles. The summed E-state index contributed by atoms with van der Waals surface area (Å²) >= 11 is 0. The van der Waals surface area contributed by atoms with Crippen molar-refractivity contribution in [2.75, 3.05) is 31.6 Å². The largest absolute Gasteiger partial charge is 0.497 e. The highest BCUT2D eigenvalue weighted by Gasteiger charge is 2.31. The third-order valence-electron chi connectivity index (χ3n) is 5.08. The first-order valence-electron chi connectivity index (χ1n) is 9.28. The van der Waals surface area contributed by atoms with Gasteiger partial charge in [-0.2, -0.15) is 4.98 Å². The summed E-state index contributed by atoms with van der Waals surface area (Å²) in [6.07, 6.45) is 2.46. The molecule has 0 saturated carbocycles. The Morgan fingerprint density at radius 2 is 1.96 bits per heavy atom. The van der Waals surface area contributed by atoms with Gasteiger partial charge in [-0.05, 0) is 36.0 Å². The summed E-state index contributed by atoms with van der Waals surface area (Å²) in [5.74, 6) is 1.98. The molecule has 0 radical (unpaired) electrons. The number of benzene rings is 1. The van der Waals surface area contributed by atoms with Crippen LogP contribution < -0.4 is 19.7 Å². The number of anilines is 1. The molecule has 2 N–H and O–H groups in total. The number of hydrogen-bond acceptors (Lipinski definition) is 6. The lowest BCUT2D eigenvalue weighted by Gasteiger charge is -2.39. The molecular weight excluding hydrogens is 360 g/mol. The van der Waals surface area contributed by atoms with Gasteiger partial charge in [0.05, 0.1) is 7.11 Å². The minimum absolute atomic E-state index is 0.0443. The number of hydrogen-bond donors (Lipinski definition) is 2. The van der Waals surface area contributed by atoms with E-state index in [1.54, 1.807) is 19.4 Å². The van der Waals surface area contributed by atoms with Gasteiger partial charge in [0.2, 0.25) is 11.8 Å². The average Bonchev–Trinajstić information content (AvgIpc) is 2.72. The zero-order chi connectivity index (χ0) is 20.0. The Balaban J connectivity index is 1.55. The van der Waals surface area contributed by atoms with Crippen LogP contribution in [-0.2, 0) is 6.61 Å². The molecule has 8 heteroatoms. The van der Waals surface area contributed by atoms with Crippen LogP contribution in [0.15, 0.2) is 36.5 Å². The molecular formula is C20H26N4O4. The smallest absolute Gasteiger partial charge is 0.404 e. The van der Waals surface area contributed by atoms with E-state index >= 15 is 0 Å². The summed E-state index contributed by atoms with van der Waals surface area (Å²) < 4.78 is 11.0. The second-order valence-corrected chi connectivity index (χ2v) is 7.29. The Morgan fingerprint density at radius 3 is 2.61 bits per heavy atom. The number of nitrogens with one attached hydrogen (secondary N) is 1. The van der Waals surface area contributed by atoms with Crippen molar-refractivity contribution in [1.82, 2.24) is 15.3 Å². The molecule has 0 unspecified atom stereocenters. The van der Waals surface area contributed by atoms with Crippen molar-refractivity contribution in [3.05, 3.63) is 42.1 Å². The normalized spacial score (nSPS) is 15.7. The van der Waals surface area contributed by atoms with Crippen LogP contribution in [0.2, 0.25) is 0 Å². The first-order chi connectivity index (χ1) is 13.5. The van der Waals surface area contributed by atoms with Crippen molar-refractivity contribution < 1.29 is 19.4 Å². The van der Waals surface area contributed by atoms with E-state index in [-0.39, 0.29) is 5.41 Å². The van der Waals surface area contributed by atoms with E-state index < -0.39 is 6.09 Å². The lowest BCUT2D eigenvalue weighted by atomic mass is 9.80. The van der Waals surface area contributed by atoms with E-state index in [9.17, 15) is 4.79 Å². The molecule has 0 bridgehead atoms. The van der Waals surface area contributed by atoms with Gasteiger partial charge in [-0.1, -0.05) is 19.1 Å². The van der Waals surface area contributed by atoms with E-state index in [1.165, 1.54) is 0 Å². The number of aromatic nitrogens is 2. The number of ether oxygens (including phenoxy) is 2. The summed E-state index contributed by atoms with van der Waals surface area (Å²) in [6.45, 7) is 4.54. The summed E-state index contributed by atoms with van der Waals surface area (Å²) in [6, 6.07) is 9.45. The van der Waals surface area contributed by atoms with Crippen LogP contribution in [-0.4, -0.2) is 47.9 Å². The minimum atomic E-state index is -0.978. The SMILES string of the molecule is COc1ccc(COc2ccnc(N3CCC(C)(CNC(=O)O)CC3)n2)cc1. The predicted molar refractivity (Wildman–Crippen MR) is 105 cm³/mol. The zero-order valence-corrected chi connectivity index (χ0v) is 16.2. The second kappa shape index (κ2) is 8.77. The number of rotatable bonds is 7. The second-order valence-electron chi connectivity index (χ2n) is 7.29. The lowest BCUT2D eigenvalue weighted by Crippen LogP contribution is -2.45. The molecule has 2 aromatic rings. The lowest BCUT2D eigenvalue weighted by molar-refractivity contribution is 0.178. The van der Waals surface area contributed by atoms with Crippen LogP contribution in [0.25, 0.3) is 0 Å². The molecule has 150 valence electrons. The van der Waals surface area contributed by atoms with Crippen molar-refractivity contribution in [3.8, 4) is 11.6 Å². The summed E-state index contributed by atoms with van der Waals surface area (Å²) in [5.41, 5.74) is 0.984. The Labute approximate surface area is 164 Å². The van der Waals surface area contributed by atoms with Gasteiger partial charge in [0, 0.05) is 31.9 Å². The molecule has 0 spiro atoms. The third-order valence-corrected chi connectivity index (χ3v) is 5.08. The highest BCUT2D eigenvalue weighted by Crippen LogP contribution is 2.31. The van der Waals surface area contributed by atoms with Gasteiger partial charge in [0.15, 0.2) is 0 Å². The minimum Gasteiger partial charge on any atom is -0.497 e. The van der Waals surface area contributed by atoms with Crippen LogP contribution in [0.4, 0.5) is 10.7 Å². The van der Waals surface area contributed by atoms with Gasteiger partial charge in [-0.3, -0.25) is 0 Å². The number of carboxylic acid groups (broad SMARTS) is 1. The van der Waals surface area contributed by atoms with E-state index in [0.717, 1.165) is 37.2 Å². The van der Waals surface area contributed by atoms with Crippen molar-refractivity contribution in [3.63, 3.8) is 0 Å². The van der Waals surface area contributed by atoms with Crippen LogP contribution in [0.3, 0.4) is 0 Å². The molecule has 28 heavy (non-hydrogen) atoms. The number of carbonyl (C=O) groups is 1. The van der Waals surface area contributed by atoms with Crippen LogP contribution in [0.1, 0.15) is 25.3 Å². The van der Waals surface area contributed by atoms with Crippen LogP contribution >= 0.6 is 0 Å². The first-order valence-corrected chi connectivity index (χ1v) is 9.28. The number of piperidine rings is 1. The third kappa shape index (κ3) is 5.25. The zero-order valence-electron chi connectivity index (χ0n) is 16.2. The molecule has 0 aliphatic carbocycles. The van der Waals surface area contributed by atoms with E-state index in [0.29, 0.717) is 25.0 Å². The maximum atomic E-state index is 10.7. The van der Waals surface area contributed by atoms with Crippen LogP contribution in [0.5, 0.6) is 11.6 Å². The van der Waals surface area contributed by atoms with Crippen molar-refractivity contribution in [1.29, 1.82) is 0 Å². The molecule has 1 aliphatic rings. The summed E-state index contributed by atoms with van der Waals surface area (Å²) in [5, 5.41) is 11.3. The molecule has 2 heterocycles. The fourth-order valence-corrected chi connectivity index (χ4v) is 3.16. The topological polar surface area (TPSA) is 96.8 Å². The van der Waals surface area contributed by atoms with Crippen molar-refractivity contribution >= 4 is 12.0 Å². The van der Waals surface area contributed by atoms with Crippen LogP contribution in [0, 0.1) is 5.41 Å². The number of amides is 1. The average molecular weight is 386 g/mol. The number of nitrogens with zero attached hydrogens (tertiary/aromatic N) is 3.